The van der Waals surface area contributed by atoms with Crippen LogP contribution in [0.25, 0.3) is 0 Å². The van der Waals surface area contributed by atoms with Gasteiger partial charge in [-0.1, -0.05) is 6.92 Å². The van der Waals surface area contributed by atoms with Crippen molar-refractivity contribution in [1.29, 1.82) is 0 Å². The van der Waals surface area contributed by atoms with E-state index in [4.69, 9.17) is 4.98 Å². The van der Waals surface area contributed by atoms with Gasteiger partial charge in [0.25, 0.3) is 0 Å². The summed E-state index contributed by atoms with van der Waals surface area (Å²) in [5.41, 5.74) is 2.72. The molecule has 112 valence electrons. The second kappa shape index (κ2) is 6.13. The topological polar surface area (TPSA) is 28.2 Å². The molecule has 1 aliphatic heterocycles. The molecule has 1 unspecified atom stereocenters. The lowest BCUT2D eigenvalue weighted by Gasteiger charge is -2.27. The van der Waals surface area contributed by atoms with Gasteiger partial charge in [0.15, 0.2) is 0 Å². The van der Waals surface area contributed by atoms with Crippen LogP contribution >= 0.6 is 0 Å². The molecule has 0 aromatic carbocycles. The Hall–Kier alpha value is -1.09. The molecule has 20 heavy (non-hydrogen) atoms. The summed E-state index contributed by atoms with van der Waals surface area (Å²) in [5, 5.41) is 3.52. The standard InChI is InChI=1S/C17H29N3/c1-6-15-8-7-9-20(15)16-13(2)10-14(11-18-16)12-19-17(3,4)5/h10-11,15,19H,6-9,12H2,1-5H3. The lowest BCUT2D eigenvalue weighted by Crippen LogP contribution is -2.35. The Balaban J connectivity index is 2.10. The van der Waals surface area contributed by atoms with Crippen LogP contribution in [0.4, 0.5) is 5.82 Å². The van der Waals surface area contributed by atoms with E-state index in [-0.39, 0.29) is 5.54 Å². The lowest BCUT2D eigenvalue weighted by molar-refractivity contribution is 0.424. The first-order valence-corrected chi connectivity index (χ1v) is 7.88. The van der Waals surface area contributed by atoms with E-state index in [1.54, 1.807) is 0 Å². The molecule has 1 aromatic rings. The first-order chi connectivity index (χ1) is 9.40. The van der Waals surface area contributed by atoms with Gasteiger partial charge in [0.2, 0.25) is 0 Å². The molecular formula is C17H29N3. The maximum atomic E-state index is 4.75. The summed E-state index contributed by atoms with van der Waals surface area (Å²) in [7, 11) is 0. The molecule has 1 N–H and O–H groups in total. The largest absolute Gasteiger partial charge is 0.353 e. The SMILES string of the molecule is CCC1CCCN1c1ncc(CNC(C)(C)C)cc1C. The second-order valence-corrected chi connectivity index (χ2v) is 6.99. The highest BCUT2D eigenvalue weighted by atomic mass is 15.2. The normalized spacial score (nSPS) is 19.6. The summed E-state index contributed by atoms with van der Waals surface area (Å²) in [4.78, 5) is 7.24. The number of hydrogen-bond donors (Lipinski definition) is 1. The van der Waals surface area contributed by atoms with Gasteiger partial charge in [-0.05, 0) is 64.2 Å². The molecule has 0 aliphatic carbocycles. The average molecular weight is 275 g/mol. The fraction of sp³-hybridized carbons (Fsp3) is 0.706. The van der Waals surface area contributed by atoms with Crippen LogP contribution in [0.1, 0.15) is 58.1 Å². The van der Waals surface area contributed by atoms with Crippen molar-refractivity contribution in [2.24, 2.45) is 0 Å². The maximum absolute atomic E-state index is 4.75. The Kier molecular flexibility index (Phi) is 4.69. The van der Waals surface area contributed by atoms with E-state index in [9.17, 15) is 0 Å². The molecule has 0 radical (unpaired) electrons. The molecule has 2 heterocycles. The Morgan fingerprint density at radius 3 is 2.75 bits per heavy atom. The first kappa shape index (κ1) is 15.3. The number of hydrogen-bond acceptors (Lipinski definition) is 3. The molecule has 0 saturated carbocycles. The van der Waals surface area contributed by atoms with Gasteiger partial charge in [-0.3, -0.25) is 0 Å². The van der Waals surface area contributed by atoms with Crippen LogP contribution in [0.2, 0.25) is 0 Å². The van der Waals surface area contributed by atoms with Gasteiger partial charge in [0, 0.05) is 30.9 Å². The van der Waals surface area contributed by atoms with E-state index < -0.39 is 0 Å². The maximum Gasteiger partial charge on any atom is 0.131 e. The second-order valence-electron chi connectivity index (χ2n) is 6.99. The molecule has 1 aliphatic rings. The van der Waals surface area contributed by atoms with Crippen molar-refractivity contribution in [2.75, 3.05) is 11.4 Å². The molecule has 3 heteroatoms. The quantitative estimate of drug-likeness (QED) is 0.909. The van der Waals surface area contributed by atoms with E-state index in [0.717, 1.165) is 13.1 Å². The molecule has 1 aromatic heterocycles. The van der Waals surface area contributed by atoms with Crippen molar-refractivity contribution >= 4 is 5.82 Å². The van der Waals surface area contributed by atoms with Gasteiger partial charge in [0.05, 0.1) is 0 Å². The predicted octanol–water partition coefficient (Wildman–Crippen LogP) is 3.66. The molecule has 3 nitrogen and oxygen atoms in total. The third-order valence-corrected chi connectivity index (χ3v) is 4.05. The van der Waals surface area contributed by atoms with Crippen LogP contribution in [-0.4, -0.2) is 23.1 Å². The number of anilines is 1. The number of rotatable bonds is 4. The minimum Gasteiger partial charge on any atom is -0.353 e. The van der Waals surface area contributed by atoms with Gasteiger partial charge in [-0.25, -0.2) is 4.98 Å². The molecule has 1 atom stereocenters. The summed E-state index contributed by atoms with van der Waals surface area (Å²) >= 11 is 0. The monoisotopic (exact) mass is 275 g/mol. The minimum atomic E-state index is 0.148. The highest BCUT2D eigenvalue weighted by Gasteiger charge is 2.25. The molecule has 1 fully saturated rings. The van der Waals surface area contributed by atoms with E-state index in [2.05, 4.69) is 50.9 Å². The zero-order valence-corrected chi connectivity index (χ0v) is 13.7. The third-order valence-electron chi connectivity index (χ3n) is 4.05. The average Bonchev–Trinajstić information content (AvgIpc) is 2.83. The Morgan fingerprint density at radius 2 is 2.15 bits per heavy atom. The zero-order valence-electron chi connectivity index (χ0n) is 13.7. The van der Waals surface area contributed by atoms with Crippen LogP contribution in [0.3, 0.4) is 0 Å². The highest BCUT2D eigenvalue weighted by molar-refractivity contribution is 5.49. The number of nitrogens with zero attached hydrogens (tertiary/aromatic N) is 2. The summed E-state index contributed by atoms with van der Waals surface area (Å²) in [5.74, 6) is 1.19. The molecule has 0 amide bonds. The minimum absolute atomic E-state index is 0.148. The van der Waals surface area contributed by atoms with Crippen LogP contribution in [0.5, 0.6) is 0 Å². The van der Waals surface area contributed by atoms with E-state index in [1.807, 2.05) is 6.20 Å². The van der Waals surface area contributed by atoms with Gasteiger partial charge in [-0.2, -0.15) is 0 Å². The number of nitrogens with one attached hydrogen (secondary N) is 1. The summed E-state index contributed by atoms with van der Waals surface area (Å²) in [6.45, 7) is 13.1. The van der Waals surface area contributed by atoms with Crippen LogP contribution in [0, 0.1) is 6.92 Å². The molecule has 1 saturated heterocycles. The van der Waals surface area contributed by atoms with Crippen molar-refractivity contribution in [1.82, 2.24) is 10.3 Å². The van der Waals surface area contributed by atoms with Crippen LogP contribution in [-0.2, 0) is 6.54 Å². The fourth-order valence-corrected chi connectivity index (χ4v) is 2.93. The van der Waals surface area contributed by atoms with Gasteiger partial charge in [-0.15, -0.1) is 0 Å². The Morgan fingerprint density at radius 1 is 1.40 bits per heavy atom. The Labute approximate surface area is 123 Å². The summed E-state index contributed by atoms with van der Waals surface area (Å²) in [6.07, 6.45) is 5.86. The lowest BCUT2D eigenvalue weighted by atomic mass is 10.1. The van der Waals surface area contributed by atoms with Crippen LogP contribution < -0.4 is 10.2 Å². The molecule has 2 rings (SSSR count). The van der Waals surface area contributed by atoms with Crippen molar-refractivity contribution in [3.05, 3.63) is 23.4 Å². The van der Waals surface area contributed by atoms with E-state index in [1.165, 1.54) is 36.2 Å². The number of aromatic nitrogens is 1. The van der Waals surface area contributed by atoms with Crippen molar-refractivity contribution < 1.29 is 0 Å². The van der Waals surface area contributed by atoms with E-state index in [0.29, 0.717) is 6.04 Å². The van der Waals surface area contributed by atoms with Crippen molar-refractivity contribution in [2.45, 2.75) is 72.0 Å². The molecule has 0 bridgehead atoms. The zero-order chi connectivity index (χ0) is 14.8. The summed E-state index contributed by atoms with van der Waals surface area (Å²) in [6, 6.07) is 2.96. The smallest absolute Gasteiger partial charge is 0.131 e. The predicted molar refractivity (Wildman–Crippen MR) is 86.2 cm³/mol. The molecular weight excluding hydrogens is 246 g/mol. The molecule has 0 spiro atoms. The van der Waals surface area contributed by atoms with Crippen molar-refractivity contribution in [3.63, 3.8) is 0 Å². The van der Waals surface area contributed by atoms with Crippen molar-refractivity contribution in [3.8, 4) is 0 Å². The fourth-order valence-electron chi connectivity index (χ4n) is 2.93. The number of aryl methyl sites for hydroxylation is 1. The van der Waals surface area contributed by atoms with E-state index >= 15 is 0 Å². The van der Waals surface area contributed by atoms with Gasteiger partial charge >= 0.3 is 0 Å². The Bertz CT molecular complexity index is 448. The van der Waals surface area contributed by atoms with Gasteiger partial charge < -0.3 is 10.2 Å². The van der Waals surface area contributed by atoms with Crippen LogP contribution in [0.15, 0.2) is 12.3 Å². The van der Waals surface area contributed by atoms with Gasteiger partial charge in [0.1, 0.15) is 5.82 Å². The first-order valence-electron chi connectivity index (χ1n) is 7.88. The number of pyridine rings is 1. The third kappa shape index (κ3) is 3.72. The summed E-state index contributed by atoms with van der Waals surface area (Å²) < 4.78 is 0. The highest BCUT2D eigenvalue weighted by Crippen LogP contribution is 2.28.